The molecule has 5 nitrogen and oxygen atoms in total. The van der Waals surface area contributed by atoms with Gasteiger partial charge in [-0.3, -0.25) is 10.1 Å². The molecule has 0 amide bonds. The van der Waals surface area contributed by atoms with Crippen molar-refractivity contribution in [2.24, 2.45) is 0 Å². The summed E-state index contributed by atoms with van der Waals surface area (Å²) in [7, 11) is 1.35. The Morgan fingerprint density at radius 2 is 2.00 bits per heavy atom. The van der Waals surface area contributed by atoms with E-state index >= 15 is 0 Å². The van der Waals surface area contributed by atoms with E-state index in [4.69, 9.17) is 4.74 Å². The molecule has 0 radical (unpaired) electrons. The highest BCUT2D eigenvalue weighted by Gasteiger charge is 2.22. The average molecular weight is 254 g/mol. The van der Waals surface area contributed by atoms with Crippen molar-refractivity contribution in [1.82, 2.24) is 0 Å². The Bertz CT molecular complexity index is 459. The van der Waals surface area contributed by atoms with Gasteiger partial charge in [0.25, 0.3) is 0 Å². The lowest BCUT2D eigenvalue weighted by molar-refractivity contribution is -0.385. The van der Waals surface area contributed by atoms with E-state index in [0.29, 0.717) is 5.69 Å². The second kappa shape index (κ2) is 5.20. The fourth-order valence-corrected chi connectivity index (χ4v) is 2.22. The van der Waals surface area contributed by atoms with Crippen LogP contribution in [0, 0.1) is 15.9 Å². The minimum absolute atomic E-state index is 0.0990. The maximum Gasteiger partial charge on any atom is 0.313 e. The van der Waals surface area contributed by atoms with Gasteiger partial charge in [-0.1, -0.05) is 0 Å². The van der Waals surface area contributed by atoms with Crippen LogP contribution in [0.25, 0.3) is 0 Å². The third-order valence-electron chi connectivity index (χ3n) is 3.14. The van der Waals surface area contributed by atoms with Gasteiger partial charge in [-0.25, -0.2) is 4.39 Å². The number of hydrogen-bond donors (Lipinski definition) is 0. The maximum absolute atomic E-state index is 13.9. The van der Waals surface area contributed by atoms with Crippen molar-refractivity contribution < 1.29 is 14.1 Å². The van der Waals surface area contributed by atoms with Gasteiger partial charge in [-0.2, -0.15) is 0 Å². The van der Waals surface area contributed by atoms with Crippen molar-refractivity contribution in [3.8, 4) is 5.75 Å². The molecule has 0 spiro atoms. The predicted octanol–water partition coefficient (Wildman–Crippen LogP) is 2.73. The van der Waals surface area contributed by atoms with Gasteiger partial charge in [0, 0.05) is 19.2 Å². The largest absolute Gasteiger partial charge is 0.490 e. The molecule has 1 heterocycles. The molecule has 1 aliphatic heterocycles. The van der Waals surface area contributed by atoms with Gasteiger partial charge in [0.05, 0.1) is 23.8 Å². The Balaban J connectivity index is 2.39. The number of nitro benzene ring substituents is 1. The first-order valence-corrected chi connectivity index (χ1v) is 5.90. The molecule has 1 aromatic carbocycles. The topological polar surface area (TPSA) is 55.6 Å². The summed E-state index contributed by atoms with van der Waals surface area (Å²) in [5, 5.41) is 10.8. The molecule has 1 saturated heterocycles. The van der Waals surface area contributed by atoms with E-state index in [1.54, 1.807) is 0 Å². The zero-order valence-electron chi connectivity index (χ0n) is 10.2. The standard InChI is InChI=1S/C12H15FN2O3/c1-18-12-8-10(14-5-3-2-4-6-14)9(13)7-11(12)15(16)17/h7-8H,2-6H2,1H3. The monoisotopic (exact) mass is 254 g/mol. The summed E-state index contributed by atoms with van der Waals surface area (Å²) in [6.45, 7) is 1.55. The van der Waals surface area contributed by atoms with E-state index in [9.17, 15) is 14.5 Å². The molecule has 0 unspecified atom stereocenters. The number of halogens is 1. The summed E-state index contributed by atoms with van der Waals surface area (Å²) in [6.07, 6.45) is 3.17. The molecule has 0 aromatic heterocycles. The first-order valence-electron chi connectivity index (χ1n) is 5.90. The number of hydrogen-bond acceptors (Lipinski definition) is 4. The van der Waals surface area contributed by atoms with Gasteiger partial charge < -0.3 is 9.64 Å². The van der Waals surface area contributed by atoms with Crippen LogP contribution in [0.15, 0.2) is 12.1 Å². The van der Waals surface area contributed by atoms with Crippen LogP contribution in [0.3, 0.4) is 0 Å². The lowest BCUT2D eigenvalue weighted by Crippen LogP contribution is -2.30. The number of methoxy groups -OCH3 is 1. The molecule has 1 fully saturated rings. The van der Waals surface area contributed by atoms with Crippen LogP contribution < -0.4 is 9.64 Å². The highest BCUT2D eigenvalue weighted by Crippen LogP contribution is 2.34. The van der Waals surface area contributed by atoms with Crippen LogP contribution in [-0.4, -0.2) is 25.1 Å². The predicted molar refractivity (Wildman–Crippen MR) is 65.7 cm³/mol. The summed E-state index contributed by atoms with van der Waals surface area (Å²) in [5.41, 5.74) is 0.0490. The Morgan fingerprint density at radius 3 is 2.56 bits per heavy atom. The first kappa shape index (κ1) is 12.6. The zero-order chi connectivity index (χ0) is 13.1. The zero-order valence-corrected chi connectivity index (χ0v) is 10.2. The molecule has 0 saturated carbocycles. The van der Waals surface area contributed by atoms with Crippen LogP contribution in [-0.2, 0) is 0 Å². The van der Waals surface area contributed by atoms with Crippen molar-refractivity contribution in [1.29, 1.82) is 0 Å². The Hall–Kier alpha value is -1.85. The smallest absolute Gasteiger partial charge is 0.313 e. The summed E-state index contributed by atoms with van der Waals surface area (Å²) in [4.78, 5) is 12.0. The van der Waals surface area contributed by atoms with Crippen molar-refractivity contribution in [2.45, 2.75) is 19.3 Å². The second-order valence-electron chi connectivity index (χ2n) is 4.28. The second-order valence-corrected chi connectivity index (χ2v) is 4.28. The van der Waals surface area contributed by atoms with Crippen LogP contribution in [0.4, 0.5) is 15.8 Å². The first-order chi connectivity index (χ1) is 8.63. The van der Waals surface area contributed by atoms with Crippen LogP contribution in [0.1, 0.15) is 19.3 Å². The normalized spacial score (nSPS) is 15.6. The number of piperidine rings is 1. The Kier molecular flexibility index (Phi) is 3.64. The minimum atomic E-state index is -0.637. The lowest BCUT2D eigenvalue weighted by Gasteiger charge is -2.29. The van der Waals surface area contributed by atoms with Gasteiger partial charge in [-0.15, -0.1) is 0 Å². The van der Waals surface area contributed by atoms with Crippen LogP contribution >= 0.6 is 0 Å². The fourth-order valence-electron chi connectivity index (χ4n) is 2.22. The number of nitro groups is 1. The van der Waals surface area contributed by atoms with Crippen molar-refractivity contribution in [3.05, 3.63) is 28.1 Å². The van der Waals surface area contributed by atoms with E-state index < -0.39 is 10.7 Å². The summed E-state index contributed by atoms with van der Waals surface area (Å²) < 4.78 is 18.9. The van der Waals surface area contributed by atoms with Crippen molar-refractivity contribution in [3.63, 3.8) is 0 Å². The average Bonchev–Trinajstić information content (AvgIpc) is 2.39. The number of ether oxygens (including phenoxy) is 1. The van der Waals surface area contributed by atoms with Gasteiger partial charge >= 0.3 is 5.69 Å². The minimum Gasteiger partial charge on any atom is -0.490 e. The summed E-state index contributed by atoms with van der Waals surface area (Å²) >= 11 is 0. The van der Waals surface area contributed by atoms with Crippen LogP contribution in [0.2, 0.25) is 0 Å². The molecular formula is C12H15FN2O3. The quantitative estimate of drug-likeness (QED) is 0.614. The maximum atomic E-state index is 13.9. The van der Waals surface area contributed by atoms with Crippen molar-refractivity contribution in [2.75, 3.05) is 25.1 Å². The molecule has 2 rings (SSSR count). The van der Waals surface area contributed by atoms with Gasteiger partial charge in [0.15, 0.2) is 11.6 Å². The third kappa shape index (κ3) is 2.37. The van der Waals surface area contributed by atoms with Gasteiger partial charge in [0.2, 0.25) is 0 Å². The molecule has 98 valence electrons. The number of benzene rings is 1. The molecule has 6 heteroatoms. The number of anilines is 1. The Morgan fingerprint density at radius 1 is 1.33 bits per heavy atom. The van der Waals surface area contributed by atoms with Crippen LogP contribution in [0.5, 0.6) is 5.75 Å². The number of nitrogens with zero attached hydrogens (tertiary/aromatic N) is 2. The fraction of sp³-hybridized carbons (Fsp3) is 0.500. The van der Waals surface area contributed by atoms with Crippen molar-refractivity contribution >= 4 is 11.4 Å². The van der Waals surface area contributed by atoms with E-state index in [-0.39, 0.29) is 11.4 Å². The highest BCUT2D eigenvalue weighted by molar-refractivity contribution is 5.60. The number of rotatable bonds is 3. The molecule has 0 atom stereocenters. The Labute approximate surface area is 104 Å². The molecule has 1 aliphatic rings. The van der Waals surface area contributed by atoms with E-state index in [2.05, 4.69) is 0 Å². The van der Waals surface area contributed by atoms with Gasteiger partial charge in [-0.05, 0) is 19.3 Å². The summed E-state index contributed by atoms with van der Waals surface area (Å²) in [6, 6.07) is 2.35. The van der Waals surface area contributed by atoms with Gasteiger partial charge in [0.1, 0.15) is 0 Å². The molecule has 0 N–H and O–H groups in total. The SMILES string of the molecule is COc1cc(N2CCCCC2)c(F)cc1[N+](=O)[O-]. The third-order valence-corrected chi connectivity index (χ3v) is 3.14. The molecular weight excluding hydrogens is 239 g/mol. The molecule has 0 aliphatic carbocycles. The molecule has 1 aromatic rings. The van der Waals surface area contributed by atoms with E-state index in [1.165, 1.54) is 13.2 Å². The summed E-state index contributed by atoms with van der Waals surface area (Å²) in [5.74, 6) is -0.466. The lowest BCUT2D eigenvalue weighted by atomic mass is 10.1. The van der Waals surface area contributed by atoms with E-state index in [0.717, 1.165) is 38.4 Å². The molecule has 18 heavy (non-hydrogen) atoms. The molecule has 0 bridgehead atoms. The highest BCUT2D eigenvalue weighted by atomic mass is 19.1. The van der Waals surface area contributed by atoms with E-state index in [1.807, 2.05) is 4.90 Å².